The summed E-state index contributed by atoms with van der Waals surface area (Å²) in [7, 11) is 0. The lowest BCUT2D eigenvalue weighted by atomic mass is 10.1. The van der Waals surface area contributed by atoms with Crippen LogP contribution >= 0.6 is 0 Å². The fourth-order valence-corrected chi connectivity index (χ4v) is 2.30. The van der Waals surface area contributed by atoms with Crippen molar-refractivity contribution in [1.29, 1.82) is 0 Å². The molecule has 1 atom stereocenters. The summed E-state index contributed by atoms with van der Waals surface area (Å²) >= 11 is 0. The zero-order valence-corrected chi connectivity index (χ0v) is 11.7. The maximum atomic E-state index is 3.62. The molecule has 0 aromatic heterocycles. The lowest BCUT2D eigenvalue weighted by Gasteiger charge is -2.31. The van der Waals surface area contributed by atoms with Crippen LogP contribution in [0, 0.1) is 0 Å². The van der Waals surface area contributed by atoms with E-state index >= 15 is 0 Å². The Hall–Kier alpha value is -1.80. The van der Waals surface area contributed by atoms with Gasteiger partial charge < -0.3 is 5.32 Å². The molecule has 2 aromatic carbocycles. The summed E-state index contributed by atoms with van der Waals surface area (Å²) in [6.07, 6.45) is 0.221. The molecule has 2 aromatic rings. The van der Waals surface area contributed by atoms with Crippen molar-refractivity contribution in [2.24, 2.45) is 0 Å². The summed E-state index contributed by atoms with van der Waals surface area (Å²) in [5.74, 6) is 0. The van der Waals surface area contributed by atoms with Crippen LogP contribution in [0.1, 0.15) is 25.6 Å². The summed E-state index contributed by atoms with van der Waals surface area (Å²) in [6, 6.07) is 21.0. The van der Waals surface area contributed by atoms with E-state index in [1.807, 2.05) is 6.07 Å². The summed E-state index contributed by atoms with van der Waals surface area (Å²) in [4.78, 5) is 2.42. The smallest absolute Gasteiger partial charge is 0.106 e. The van der Waals surface area contributed by atoms with Crippen LogP contribution in [0.2, 0.25) is 0 Å². The van der Waals surface area contributed by atoms with Crippen molar-refractivity contribution in [2.45, 2.75) is 20.0 Å². The maximum Gasteiger partial charge on any atom is 0.106 e. The SMILES string of the molecule is CCN(CC)C(Nc1ccccc1)c1ccccc1. The molecule has 1 unspecified atom stereocenters. The van der Waals surface area contributed by atoms with Crippen LogP contribution in [-0.2, 0) is 0 Å². The largest absolute Gasteiger partial charge is 0.366 e. The van der Waals surface area contributed by atoms with Crippen LogP contribution < -0.4 is 5.32 Å². The van der Waals surface area contributed by atoms with E-state index in [-0.39, 0.29) is 6.17 Å². The van der Waals surface area contributed by atoms with Crippen molar-refractivity contribution in [3.63, 3.8) is 0 Å². The molecular formula is C17H22N2. The molecule has 0 bridgehead atoms. The molecule has 100 valence electrons. The number of nitrogens with zero attached hydrogens (tertiary/aromatic N) is 1. The van der Waals surface area contributed by atoms with E-state index in [1.165, 1.54) is 5.56 Å². The van der Waals surface area contributed by atoms with E-state index in [4.69, 9.17) is 0 Å². The zero-order chi connectivity index (χ0) is 13.5. The van der Waals surface area contributed by atoms with Crippen LogP contribution in [0.25, 0.3) is 0 Å². The van der Waals surface area contributed by atoms with Gasteiger partial charge in [0.2, 0.25) is 0 Å². The highest BCUT2D eigenvalue weighted by Crippen LogP contribution is 2.22. The predicted octanol–water partition coefficient (Wildman–Crippen LogP) is 4.14. The third-order valence-electron chi connectivity index (χ3n) is 3.37. The van der Waals surface area contributed by atoms with Crippen molar-refractivity contribution in [3.05, 3.63) is 66.2 Å². The average molecular weight is 254 g/mol. The van der Waals surface area contributed by atoms with Crippen molar-refractivity contribution < 1.29 is 0 Å². The molecule has 1 N–H and O–H groups in total. The summed E-state index contributed by atoms with van der Waals surface area (Å²) in [5.41, 5.74) is 2.46. The second-order valence-corrected chi connectivity index (χ2v) is 4.54. The second-order valence-electron chi connectivity index (χ2n) is 4.54. The number of rotatable bonds is 6. The first kappa shape index (κ1) is 13.6. The Labute approximate surface area is 116 Å². The van der Waals surface area contributed by atoms with Crippen LogP contribution in [0.15, 0.2) is 60.7 Å². The molecule has 0 radical (unpaired) electrons. The van der Waals surface area contributed by atoms with Crippen molar-refractivity contribution in [1.82, 2.24) is 4.90 Å². The lowest BCUT2D eigenvalue weighted by Crippen LogP contribution is -2.33. The van der Waals surface area contributed by atoms with Gasteiger partial charge in [-0.15, -0.1) is 0 Å². The fourth-order valence-electron chi connectivity index (χ4n) is 2.30. The topological polar surface area (TPSA) is 15.3 Å². The third kappa shape index (κ3) is 3.58. The van der Waals surface area contributed by atoms with E-state index in [1.54, 1.807) is 0 Å². The molecule has 0 spiro atoms. The van der Waals surface area contributed by atoms with Gasteiger partial charge in [-0.05, 0) is 30.8 Å². The van der Waals surface area contributed by atoms with Gasteiger partial charge >= 0.3 is 0 Å². The molecule has 0 heterocycles. The summed E-state index contributed by atoms with van der Waals surface area (Å²) in [5, 5.41) is 3.62. The summed E-state index contributed by atoms with van der Waals surface area (Å²) < 4.78 is 0. The van der Waals surface area contributed by atoms with Gasteiger partial charge in [0.15, 0.2) is 0 Å². The van der Waals surface area contributed by atoms with Crippen molar-refractivity contribution in [3.8, 4) is 0 Å². The Bertz CT molecular complexity index is 463. The molecule has 0 aliphatic carbocycles. The number of anilines is 1. The Morgan fingerprint density at radius 2 is 1.37 bits per heavy atom. The minimum absolute atomic E-state index is 0.221. The average Bonchev–Trinajstić information content (AvgIpc) is 2.49. The highest BCUT2D eigenvalue weighted by molar-refractivity contribution is 5.45. The molecule has 0 aliphatic heterocycles. The van der Waals surface area contributed by atoms with Gasteiger partial charge in [-0.1, -0.05) is 62.4 Å². The van der Waals surface area contributed by atoms with E-state index in [0.29, 0.717) is 0 Å². The standard InChI is InChI=1S/C17H22N2/c1-3-19(4-2)17(15-11-7-5-8-12-15)18-16-13-9-6-10-14-16/h5-14,17-18H,3-4H2,1-2H3. The zero-order valence-electron chi connectivity index (χ0n) is 11.7. The minimum Gasteiger partial charge on any atom is -0.366 e. The molecule has 0 fully saturated rings. The van der Waals surface area contributed by atoms with Gasteiger partial charge in [-0.25, -0.2) is 0 Å². The van der Waals surface area contributed by atoms with Gasteiger partial charge in [0.1, 0.15) is 6.17 Å². The van der Waals surface area contributed by atoms with Crippen LogP contribution in [0.5, 0.6) is 0 Å². The Morgan fingerprint density at radius 3 is 1.89 bits per heavy atom. The molecule has 2 rings (SSSR count). The third-order valence-corrected chi connectivity index (χ3v) is 3.37. The maximum absolute atomic E-state index is 3.62. The molecule has 0 amide bonds. The number of hydrogen-bond acceptors (Lipinski definition) is 2. The lowest BCUT2D eigenvalue weighted by molar-refractivity contribution is 0.241. The molecule has 0 saturated carbocycles. The number of nitrogens with one attached hydrogen (secondary N) is 1. The van der Waals surface area contributed by atoms with Gasteiger partial charge in [-0.3, -0.25) is 4.90 Å². The van der Waals surface area contributed by atoms with Gasteiger partial charge in [0.25, 0.3) is 0 Å². The normalized spacial score (nSPS) is 12.4. The van der Waals surface area contributed by atoms with E-state index in [0.717, 1.165) is 18.8 Å². The Morgan fingerprint density at radius 1 is 0.842 bits per heavy atom. The van der Waals surface area contributed by atoms with E-state index in [2.05, 4.69) is 78.7 Å². The molecule has 0 aliphatic rings. The molecular weight excluding hydrogens is 232 g/mol. The fraction of sp³-hybridized carbons (Fsp3) is 0.294. The first-order valence-corrected chi connectivity index (χ1v) is 6.95. The monoisotopic (exact) mass is 254 g/mol. The van der Waals surface area contributed by atoms with Crippen molar-refractivity contribution >= 4 is 5.69 Å². The van der Waals surface area contributed by atoms with E-state index in [9.17, 15) is 0 Å². The summed E-state index contributed by atoms with van der Waals surface area (Å²) in [6.45, 7) is 6.45. The van der Waals surface area contributed by atoms with E-state index < -0.39 is 0 Å². The van der Waals surface area contributed by atoms with Crippen LogP contribution in [0.3, 0.4) is 0 Å². The van der Waals surface area contributed by atoms with Gasteiger partial charge in [0, 0.05) is 5.69 Å². The quantitative estimate of drug-likeness (QED) is 0.779. The van der Waals surface area contributed by atoms with Gasteiger partial charge in [-0.2, -0.15) is 0 Å². The molecule has 0 saturated heterocycles. The van der Waals surface area contributed by atoms with Crippen LogP contribution in [-0.4, -0.2) is 18.0 Å². The van der Waals surface area contributed by atoms with Crippen molar-refractivity contribution in [2.75, 3.05) is 18.4 Å². The Balaban J connectivity index is 2.24. The van der Waals surface area contributed by atoms with Gasteiger partial charge in [0.05, 0.1) is 0 Å². The highest BCUT2D eigenvalue weighted by Gasteiger charge is 2.16. The molecule has 2 heteroatoms. The number of para-hydroxylation sites is 1. The first-order valence-electron chi connectivity index (χ1n) is 6.95. The Kier molecular flexibility index (Phi) is 4.99. The first-order chi connectivity index (χ1) is 9.35. The number of benzene rings is 2. The highest BCUT2D eigenvalue weighted by atomic mass is 15.3. The number of hydrogen-bond donors (Lipinski definition) is 1. The second kappa shape index (κ2) is 6.95. The predicted molar refractivity (Wildman–Crippen MR) is 82.2 cm³/mol. The molecule has 2 nitrogen and oxygen atoms in total. The van der Waals surface area contributed by atoms with Crippen LogP contribution in [0.4, 0.5) is 5.69 Å². The minimum atomic E-state index is 0.221. The molecule has 19 heavy (non-hydrogen) atoms.